The fraction of sp³-hybridized carbons (Fsp3) is 1.00. The van der Waals surface area contributed by atoms with Gasteiger partial charge in [0.2, 0.25) is 6.10 Å². The zero-order chi connectivity index (χ0) is 16.9. The molecule has 0 fully saturated rings. The lowest BCUT2D eigenvalue weighted by molar-refractivity contribution is -0.321. The molecule has 0 radical (unpaired) electrons. The van der Waals surface area contributed by atoms with Gasteiger partial charge in [-0.3, -0.25) is 0 Å². The van der Waals surface area contributed by atoms with E-state index in [1.807, 2.05) is 13.8 Å². The zero-order valence-electron chi connectivity index (χ0n) is 12.1. The molecule has 0 spiro atoms. The first kappa shape index (κ1) is 20.5. The minimum atomic E-state index is -5.49. The molecule has 1 atom stereocenters. The third kappa shape index (κ3) is 7.87. The van der Waals surface area contributed by atoms with Crippen molar-refractivity contribution in [1.29, 1.82) is 0 Å². The van der Waals surface area contributed by atoms with Crippen LogP contribution in [0.15, 0.2) is 0 Å². The van der Waals surface area contributed by atoms with Crippen molar-refractivity contribution in [1.82, 2.24) is 5.32 Å². The fourth-order valence-electron chi connectivity index (χ4n) is 1.93. The minimum absolute atomic E-state index is 0.0150. The highest BCUT2D eigenvalue weighted by molar-refractivity contribution is 4.84. The number of alkyl halides is 6. The molecule has 0 saturated heterocycles. The van der Waals surface area contributed by atoms with E-state index in [0.717, 1.165) is 0 Å². The van der Waals surface area contributed by atoms with Crippen LogP contribution in [0.5, 0.6) is 0 Å². The number of nitrogens with one attached hydrogen (secondary N) is 1. The van der Waals surface area contributed by atoms with E-state index in [-0.39, 0.29) is 25.5 Å². The number of aliphatic hydroxyl groups is 1. The largest absolute Gasteiger partial charge is 0.423 e. The summed E-state index contributed by atoms with van der Waals surface area (Å²) < 4.78 is 77.3. The smallest absolute Gasteiger partial charge is 0.394 e. The van der Waals surface area contributed by atoms with Gasteiger partial charge in [-0.2, -0.15) is 26.3 Å². The molecule has 0 aliphatic heterocycles. The van der Waals surface area contributed by atoms with Gasteiger partial charge in [0.1, 0.15) is 0 Å². The molecular formula is C12H21F6NO2. The second-order valence-electron chi connectivity index (χ2n) is 5.46. The predicted octanol–water partition coefficient (Wildman–Crippen LogP) is 3.03. The fourth-order valence-corrected chi connectivity index (χ4v) is 1.93. The molecule has 0 aliphatic carbocycles. The number of hydrogen-bond acceptors (Lipinski definition) is 3. The average Bonchev–Trinajstić information content (AvgIpc) is 2.24. The van der Waals surface area contributed by atoms with Crippen molar-refractivity contribution >= 4 is 0 Å². The third-order valence-electron chi connectivity index (χ3n) is 2.74. The number of ether oxygens (including phenoxy) is 1. The Balaban J connectivity index is 4.40. The number of aliphatic hydroxyl groups excluding tert-OH is 1. The van der Waals surface area contributed by atoms with E-state index < -0.39 is 30.6 Å². The molecule has 0 aromatic carbocycles. The quantitative estimate of drug-likeness (QED) is 0.532. The Kier molecular flexibility index (Phi) is 7.44. The molecule has 9 heteroatoms. The van der Waals surface area contributed by atoms with Gasteiger partial charge in [0, 0.05) is 18.2 Å². The topological polar surface area (TPSA) is 41.5 Å². The van der Waals surface area contributed by atoms with Crippen LogP contribution in [0.2, 0.25) is 0 Å². The maximum atomic E-state index is 12.2. The van der Waals surface area contributed by atoms with Crippen LogP contribution in [-0.2, 0) is 4.74 Å². The van der Waals surface area contributed by atoms with Crippen molar-refractivity contribution in [3.8, 4) is 0 Å². The Labute approximate surface area is 119 Å². The Morgan fingerprint density at radius 2 is 1.52 bits per heavy atom. The van der Waals surface area contributed by atoms with E-state index in [1.54, 1.807) is 6.92 Å². The van der Waals surface area contributed by atoms with Gasteiger partial charge in [0.25, 0.3) is 0 Å². The number of rotatable bonds is 8. The van der Waals surface area contributed by atoms with Gasteiger partial charge in [0.05, 0.1) is 6.61 Å². The Morgan fingerprint density at radius 3 is 1.86 bits per heavy atom. The molecule has 1 unspecified atom stereocenters. The van der Waals surface area contributed by atoms with Crippen LogP contribution in [0.4, 0.5) is 26.3 Å². The molecule has 0 bridgehead atoms. The van der Waals surface area contributed by atoms with E-state index in [9.17, 15) is 31.4 Å². The summed E-state index contributed by atoms with van der Waals surface area (Å²) in [5, 5.41) is 12.2. The highest BCUT2D eigenvalue weighted by Crippen LogP contribution is 2.35. The molecule has 2 N–H and O–H groups in total. The van der Waals surface area contributed by atoms with Crippen molar-refractivity contribution in [2.75, 3.05) is 13.2 Å². The summed E-state index contributed by atoms with van der Waals surface area (Å²) in [5.74, 6) is 0. The van der Waals surface area contributed by atoms with Gasteiger partial charge >= 0.3 is 12.4 Å². The van der Waals surface area contributed by atoms with Crippen LogP contribution >= 0.6 is 0 Å². The second kappa shape index (κ2) is 7.64. The lowest BCUT2D eigenvalue weighted by Crippen LogP contribution is -2.49. The molecule has 0 rings (SSSR count). The van der Waals surface area contributed by atoms with Crippen LogP contribution < -0.4 is 5.32 Å². The summed E-state index contributed by atoms with van der Waals surface area (Å²) in [6.45, 7) is 4.28. The van der Waals surface area contributed by atoms with Crippen LogP contribution in [0.3, 0.4) is 0 Å². The van der Waals surface area contributed by atoms with Crippen molar-refractivity contribution in [2.24, 2.45) is 0 Å². The van der Waals surface area contributed by atoms with Gasteiger partial charge in [-0.1, -0.05) is 13.8 Å². The highest BCUT2D eigenvalue weighted by Gasteiger charge is 2.57. The number of hydrogen-bond donors (Lipinski definition) is 2. The molecule has 0 heterocycles. The van der Waals surface area contributed by atoms with Crippen LogP contribution in [0.1, 0.15) is 33.6 Å². The van der Waals surface area contributed by atoms with E-state index in [1.165, 1.54) is 0 Å². The molecule has 0 aromatic rings. The third-order valence-corrected chi connectivity index (χ3v) is 2.74. The maximum Gasteiger partial charge on any atom is 0.423 e. The SMILES string of the molecule is CC(C)NC(C)(CO)CCCOC(C(F)(F)F)C(F)(F)F. The summed E-state index contributed by atoms with van der Waals surface area (Å²) in [6, 6.07) is 0.0150. The number of halogens is 6. The van der Waals surface area contributed by atoms with Gasteiger partial charge in [0.15, 0.2) is 0 Å². The first-order valence-electron chi connectivity index (χ1n) is 6.45. The summed E-state index contributed by atoms with van der Waals surface area (Å²) in [6.07, 6.45) is -14.6. The standard InChI is InChI=1S/C12H21F6NO2/c1-8(2)19-10(3,7-20)5-4-6-21-9(11(13,14)15)12(16,17)18/h8-9,19-20H,4-7H2,1-3H3. The summed E-state index contributed by atoms with van der Waals surface area (Å²) >= 11 is 0. The second-order valence-corrected chi connectivity index (χ2v) is 5.46. The van der Waals surface area contributed by atoms with Gasteiger partial charge in [-0.05, 0) is 19.8 Å². The summed E-state index contributed by atoms with van der Waals surface area (Å²) in [4.78, 5) is 0. The Bertz CT molecular complexity index is 291. The van der Waals surface area contributed by atoms with Crippen LogP contribution in [-0.4, -0.2) is 48.4 Å². The summed E-state index contributed by atoms with van der Waals surface area (Å²) in [5.41, 5.74) is -0.774. The molecule has 3 nitrogen and oxygen atoms in total. The van der Waals surface area contributed by atoms with E-state index >= 15 is 0 Å². The van der Waals surface area contributed by atoms with Crippen molar-refractivity contribution in [3.05, 3.63) is 0 Å². The maximum absolute atomic E-state index is 12.2. The van der Waals surface area contributed by atoms with Crippen molar-refractivity contribution in [3.63, 3.8) is 0 Å². The zero-order valence-corrected chi connectivity index (χ0v) is 12.1. The highest BCUT2D eigenvalue weighted by atomic mass is 19.4. The molecule has 21 heavy (non-hydrogen) atoms. The van der Waals surface area contributed by atoms with Crippen molar-refractivity contribution < 1.29 is 36.2 Å². The van der Waals surface area contributed by atoms with Crippen molar-refractivity contribution in [2.45, 2.75) is 63.7 Å². The monoisotopic (exact) mass is 325 g/mol. The molecule has 0 amide bonds. The lowest BCUT2D eigenvalue weighted by Gasteiger charge is -2.31. The lowest BCUT2D eigenvalue weighted by atomic mass is 9.96. The van der Waals surface area contributed by atoms with Gasteiger partial charge in [-0.15, -0.1) is 0 Å². The first-order chi connectivity index (χ1) is 9.32. The summed E-state index contributed by atoms with van der Waals surface area (Å²) in [7, 11) is 0. The minimum Gasteiger partial charge on any atom is -0.394 e. The van der Waals surface area contributed by atoms with E-state index in [2.05, 4.69) is 10.1 Å². The normalized spacial score (nSPS) is 16.6. The first-order valence-corrected chi connectivity index (χ1v) is 6.45. The van der Waals surface area contributed by atoms with Gasteiger partial charge in [-0.25, -0.2) is 0 Å². The molecule has 0 aromatic heterocycles. The van der Waals surface area contributed by atoms with Crippen LogP contribution in [0.25, 0.3) is 0 Å². The molecule has 0 saturated carbocycles. The van der Waals surface area contributed by atoms with E-state index in [4.69, 9.17) is 0 Å². The van der Waals surface area contributed by atoms with Crippen LogP contribution in [0, 0.1) is 0 Å². The Hall–Kier alpha value is -0.540. The molecule has 128 valence electrons. The Morgan fingerprint density at radius 1 is 1.05 bits per heavy atom. The predicted molar refractivity (Wildman–Crippen MR) is 64.8 cm³/mol. The average molecular weight is 325 g/mol. The molecular weight excluding hydrogens is 304 g/mol. The molecule has 0 aliphatic rings. The van der Waals surface area contributed by atoms with Gasteiger partial charge < -0.3 is 15.2 Å². The van der Waals surface area contributed by atoms with E-state index in [0.29, 0.717) is 0 Å².